The van der Waals surface area contributed by atoms with E-state index in [1.807, 2.05) is 18.3 Å². The number of para-hydroxylation sites is 1. The Morgan fingerprint density at radius 2 is 1.89 bits per heavy atom. The second-order valence-corrected chi connectivity index (χ2v) is 6.67. The van der Waals surface area contributed by atoms with Crippen molar-refractivity contribution in [2.75, 3.05) is 5.32 Å². The molecular weight excluding hydrogens is 357 g/mol. The standard InChI is InChI=1S/C21H20FN5O/c22-16-10-8-14(9-11-16)12-20(28)25-21-24-19(26-27-21)7-3-4-15-13-23-18-6-2-1-5-17(15)18/h1-2,5-6,8-11,13,23H,3-4,7,12H2,(H2,24,25,26,27,28). The molecule has 0 aliphatic rings. The van der Waals surface area contributed by atoms with Gasteiger partial charge in [-0.1, -0.05) is 30.3 Å². The molecule has 2 aromatic carbocycles. The summed E-state index contributed by atoms with van der Waals surface area (Å²) in [5.41, 5.74) is 3.15. The number of rotatable bonds is 7. The number of halogens is 1. The predicted molar refractivity (Wildman–Crippen MR) is 105 cm³/mol. The summed E-state index contributed by atoms with van der Waals surface area (Å²) in [6, 6.07) is 14.1. The number of amides is 1. The van der Waals surface area contributed by atoms with Crippen LogP contribution in [-0.4, -0.2) is 26.1 Å². The predicted octanol–water partition coefficient (Wildman–Crippen LogP) is 3.78. The first-order valence-corrected chi connectivity index (χ1v) is 9.18. The molecular formula is C21H20FN5O. The maximum absolute atomic E-state index is 12.9. The van der Waals surface area contributed by atoms with Gasteiger partial charge >= 0.3 is 0 Å². The minimum absolute atomic E-state index is 0.144. The van der Waals surface area contributed by atoms with Gasteiger partial charge in [-0.3, -0.25) is 15.2 Å². The molecule has 4 aromatic rings. The maximum Gasteiger partial charge on any atom is 0.248 e. The van der Waals surface area contributed by atoms with Gasteiger partial charge in [0.05, 0.1) is 6.42 Å². The highest BCUT2D eigenvalue weighted by molar-refractivity contribution is 5.90. The number of hydrogen-bond donors (Lipinski definition) is 3. The lowest BCUT2D eigenvalue weighted by Crippen LogP contribution is -2.15. The number of H-pyrrole nitrogens is 2. The molecule has 1 amide bonds. The normalized spacial score (nSPS) is 11.0. The van der Waals surface area contributed by atoms with Crippen molar-refractivity contribution in [3.63, 3.8) is 0 Å². The Bertz CT molecular complexity index is 1080. The molecule has 4 rings (SSSR count). The molecule has 0 saturated heterocycles. The number of anilines is 1. The number of carbonyl (C=O) groups excluding carboxylic acids is 1. The molecule has 0 radical (unpaired) electrons. The van der Waals surface area contributed by atoms with Gasteiger partial charge in [-0.25, -0.2) is 4.39 Å². The number of aryl methyl sites for hydroxylation is 2. The molecule has 0 saturated carbocycles. The summed E-state index contributed by atoms with van der Waals surface area (Å²) in [6.07, 6.45) is 4.77. The third-order valence-corrected chi connectivity index (χ3v) is 4.60. The summed E-state index contributed by atoms with van der Waals surface area (Å²) in [7, 11) is 0. The Morgan fingerprint density at radius 1 is 1.07 bits per heavy atom. The highest BCUT2D eigenvalue weighted by Crippen LogP contribution is 2.19. The van der Waals surface area contributed by atoms with Crippen LogP contribution in [0.2, 0.25) is 0 Å². The van der Waals surface area contributed by atoms with Crippen molar-refractivity contribution in [1.82, 2.24) is 20.2 Å². The number of nitrogens with zero attached hydrogens (tertiary/aromatic N) is 2. The Morgan fingerprint density at radius 3 is 2.75 bits per heavy atom. The third-order valence-electron chi connectivity index (χ3n) is 4.60. The summed E-state index contributed by atoms with van der Waals surface area (Å²) < 4.78 is 12.9. The van der Waals surface area contributed by atoms with Crippen molar-refractivity contribution in [3.8, 4) is 0 Å². The van der Waals surface area contributed by atoms with Gasteiger partial charge in [0, 0.05) is 23.5 Å². The number of aromatic nitrogens is 4. The first-order valence-electron chi connectivity index (χ1n) is 9.18. The van der Waals surface area contributed by atoms with Gasteiger partial charge < -0.3 is 4.98 Å². The molecule has 0 spiro atoms. The zero-order valence-electron chi connectivity index (χ0n) is 15.2. The second kappa shape index (κ2) is 8.04. The van der Waals surface area contributed by atoms with E-state index in [-0.39, 0.29) is 24.1 Å². The fraction of sp³-hybridized carbons (Fsp3) is 0.190. The van der Waals surface area contributed by atoms with Crippen LogP contribution in [0.4, 0.5) is 10.3 Å². The molecule has 2 aromatic heterocycles. The van der Waals surface area contributed by atoms with Crippen LogP contribution in [0.5, 0.6) is 0 Å². The number of carbonyl (C=O) groups is 1. The van der Waals surface area contributed by atoms with E-state index >= 15 is 0 Å². The lowest BCUT2D eigenvalue weighted by molar-refractivity contribution is -0.115. The minimum Gasteiger partial charge on any atom is -0.361 e. The zero-order chi connectivity index (χ0) is 19.3. The molecule has 2 heterocycles. The lowest BCUT2D eigenvalue weighted by atomic mass is 10.1. The van der Waals surface area contributed by atoms with E-state index in [2.05, 4.69) is 37.6 Å². The summed E-state index contributed by atoms with van der Waals surface area (Å²) in [5.74, 6) is 0.428. The van der Waals surface area contributed by atoms with Gasteiger partial charge in [-0.15, -0.1) is 5.10 Å². The van der Waals surface area contributed by atoms with E-state index in [4.69, 9.17) is 0 Å². The molecule has 142 valence electrons. The van der Waals surface area contributed by atoms with E-state index in [1.165, 1.54) is 23.1 Å². The number of aromatic amines is 2. The SMILES string of the molecule is O=C(Cc1ccc(F)cc1)Nc1n[nH]c(CCCc2c[nH]c3ccccc23)n1. The Kier molecular flexibility index (Phi) is 5.14. The maximum atomic E-state index is 12.9. The van der Waals surface area contributed by atoms with E-state index in [0.29, 0.717) is 0 Å². The summed E-state index contributed by atoms with van der Waals surface area (Å²) in [5, 5.41) is 10.8. The summed E-state index contributed by atoms with van der Waals surface area (Å²) in [6.45, 7) is 0. The summed E-state index contributed by atoms with van der Waals surface area (Å²) in [4.78, 5) is 19.7. The number of hydrogen-bond acceptors (Lipinski definition) is 3. The number of nitrogens with one attached hydrogen (secondary N) is 3. The van der Waals surface area contributed by atoms with Crippen LogP contribution in [0.15, 0.2) is 54.7 Å². The van der Waals surface area contributed by atoms with Gasteiger partial charge in [0.2, 0.25) is 11.9 Å². The van der Waals surface area contributed by atoms with Gasteiger partial charge in [-0.2, -0.15) is 4.98 Å². The van der Waals surface area contributed by atoms with E-state index in [0.717, 1.165) is 36.2 Å². The van der Waals surface area contributed by atoms with E-state index < -0.39 is 0 Å². The number of benzene rings is 2. The highest BCUT2D eigenvalue weighted by Gasteiger charge is 2.09. The highest BCUT2D eigenvalue weighted by atomic mass is 19.1. The minimum atomic E-state index is -0.324. The third kappa shape index (κ3) is 4.25. The van der Waals surface area contributed by atoms with E-state index in [9.17, 15) is 9.18 Å². The van der Waals surface area contributed by atoms with Gasteiger partial charge in [-0.05, 0) is 42.2 Å². The molecule has 0 fully saturated rings. The topological polar surface area (TPSA) is 86.5 Å². The quantitative estimate of drug-likeness (QED) is 0.458. The van der Waals surface area contributed by atoms with E-state index in [1.54, 1.807) is 12.1 Å². The molecule has 0 bridgehead atoms. The molecule has 7 heteroatoms. The smallest absolute Gasteiger partial charge is 0.248 e. The molecule has 0 aliphatic carbocycles. The van der Waals surface area contributed by atoms with Crippen LogP contribution in [0.1, 0.15) is 23.4 Å². The van der Waals surface area contributed by atoms with Crippen molar-refractivity contribution in [2.45, 2.75) is 25.7 Å². The van der Waals surface area contributed by atoms with Crippen molar-refractivity contribution in [2.24, 2.45) is 0 Å². The van der Waals surface area contributed by atoms with Crippen molar-refractivity contribution < 1.29 is 9.18 Å². The van der Waals surface area contributed by atoms with Crippen LogP contribution in [0, 0.1) is 5.82 Å². The van der Waals surface area contributed by atoms with Crippen LogP contribution < -0.4 is 5.32 Å². The molecule has 6 nitrogen and oxygen atoms in total. The van der Waals surface area contributed by atoms with Crippen molar-refractivity contribution in [3.05, 3.63) is 77.5 Å². The van der Waals surface area contributed by atoms with Crippen LogP contribution >= 0.6 is 0 Å². The van der Waals surface area contributed by atoms with Crippen molar-refractivity contribution in [1.29, 1.82) is 0 Å². The van der Waals surface area contributed by atoms with Crippen LogP contribution in [-0.2, 0) is 24.1 Å². The average molecular weight is 377 g/mol. The van der Waals surface area contributed by atoms with Gasteiger partial charge in [0.25, 0.3) is 0 Å². The first kappa shape index (κ1) is 17.9. The molecule has 0 atom stereocenters. The Labute approximate surface area is 161 Å². The molecule has 3 N–H and O–H groups in total. The number of fused-ring (bicyclic) bond motifs is 1. The molecule has 28 heavy (non-hydrogen) atoms. The average Bonchev–Trinajstić information content (AvgIpc) is 3.31. The van der Waals surface area contributed by atoms with Gasteiger partial charge in [0.1, 0.15) is 11.6 Å². The molecule has 0 aliphatic heterocycles. The monoisotopic (exact) mass is 377 g/mol. The lowest BCUT2D eigenvalue weighted by Gasteiger charge is -2.01. The largest absolute Gasteiger partial charge is 0.361 e. The van der Waals surface area contributed by atoms with Crippen molar-refractivity contribution >= 4 is 22.8 Å². The fourth-order valence-electron chi connectivity index (χ4n) is 3.20. The first-order chi connectivity index (χ1) is 13.7. The zero-order valence-corrected chi connectivity index (χ0v) is 15.2. The van der Waals surface area contributed by atoms with Crippen LogP contribution in [0.25, 0.3) is 10.9 Å². The summed E-state index contributed by atoms with van der Waals surface area (Å²) >= 11 is 0. The van der Waals surface area contributed by atoms with Gasteiger partial charge in [0.15, 0.2) is 0 Å². The van der Waals surface area contributed by atoms with Crippen LogP contribution in [0.3, 0.4) is 0 Å². The fourth-order valence-corrected chi connectivity index (χ4v) is 3.20. The molecule has 0 unspecified atom stereocenters. The Hall–Kier alpha value is -3.48. The Balaban J connectivity index is 1.28. The second-order valence-electron chi connectivity index (χ2n) is 6.67.